The van der Waals surface area contributed by atoms with Gasteiger partial charge in [-0.05, 0) is 17.6 Å². The van der Waals surface area contributed by atoms with Crippen LogP contribution in [0.15, 0.2) is 12.3 Å². The normalized spacial score (nSPS) is 9.91. The van der Waals surface area contributed by atoms with Crippen LogP contribution in [0.3, 0.4) is 0 Å². The number of Topliss-reactive ketones (excluding diaryl/α,β-unsaturated/α-hetero) is 1. The van der Waals surface area contributed by atoms with Gasteiger partial charge in [0.05, 0.1) is 11.5 Å². The zero-order valence-electron chi connectivity index (χ0n) is 6.24. The number of hydrogen-bond acceptors (Lipinski definition) is 4. The van der Waals surface area contributed by atoms with Gasteiger partial charge in [-0.1, -0.05) is 0 Å². The van der Waals surface area contributed by atoms with Crippen molar-refractivity contribution in [1.82, 2.24) is 4.37 Å². The van der Waals surface area contributed by atoms with Crippen molar-refractivity contribution in [3.05, 3.63) is 17.1 Å². The second kappa shape index (κ2) is 4.20. The van der Waals surface area contributed by atoms with E-state index in [1.165, 1.54) is 11.5 Å². The van der Waals surface area contributed by atoms with Crippen molar-refractivity contribution < 1.29 is 9.53 Å². The minimum Gasteiger partial charge on any atom is -0.384 e. The van der Waals surface area contributed by atoms with Gasteiger partial charge in [0.15, 0.2) is 5.78 Å². The number of ketones is 1. The van der Waals surface area contributed by atoms with Gasteiger partial charge < -0.3 is 4.74 Å². The number of methoxy groups -OCH3 is 1. The lowest BCUT2D eigenvalue weighted by Gasteiger charge is -1.94. The summed E-state index contributed by atoms with van der Waals surface area (Å²) in [6.07, 6.45) is 2.07. The molecule has 3 nitrogen and oxygen atoms in total. The highest BCUT2D eigenvalue weighted by Gasteiger charge is 2.05. The first kappa shape index (κ1) is 8.36. The lowest BCUT2D eigenvalue weighted by Crippen LogP contribution is -2.00. The van der Waals surface area contributed by atoms with E-state index in [1.54, 1.807) is 19.4 Å². The average Bonchev–Trinajstić information content (AvgIpc) is 2.52. The van der Waals surface area contributed by atoms with Crippen LogP contribution in [0.2, 0.25) is 0 Å². The predicted molar refractivity (Wildman–Crippen MR) is 42.9 cm³/mol. The molecule has 0 aliphatic heterocycles. The van der Waals surface area contributed by atoms with Crippen LogP contribution in [-0.2, 0) is 4.74 Å². The first-order chi connectivity index (χ1) is 5.34. The van der Waals surface area contributed by atoms with Gasteiger partial charge in [-0.15, -0.1) is 0 Å². The molecule has 1 heterocycles. The summed E-state index contributed by atoms with van der Waals surface area (Å²) in [5.41, 5.74) is 0. The molecule has 0 amide bonds. The van der Waals surface area contributed by atoms with E-state index in [2.05, 4.69) is 4.37 Å². The van der Waals surface area contributed by atoms with Gasteiger partial charge in [-0.25, -0.2) is 4.37 Å². The highest BCUT2D eigenvalue weighted by Crippen LogP contribution is 2.07. The summed E-state index contributed by atoms with van der Waals surface area (Å²) in [5, 5.41) is 0. The number of carbonyl (C=O) groups is 1. The zero-order chi connectivity index (χ0) is 8.10. The van der Waals surface area contributed by atoms with E-state index >= 15 is 0 Å². The molecule has 0 fully saturated rings. The first-order valence-electron chi connectivity index (χ1n) is 3.27. The van der Waals surface area contributed by atoms with Gasteiger partial charge in [0, 0.05) is 19.7 Å². The molecule has 1 aromatic rings. The largest absolute Gasteiger partial charge is 0.384 e. The van der Waals surface area contributed by atoms with Crippen molar-refractivity contribution in [2.75, 3.05) is 13.7 Å². The summed E-state index contributed by atoms with van der Waals surface area (Å²) in [6.45, 7) is 0.483. The van der Waals surface area contributed by atoms with Crippen molar-refractivity contribution >= 4 is 17.3 Å². The van der Waals surface area contributed by atoms with Crippen LogP contribution >= 0.6 is 11.5 Å². The van der Waals surface area contributed by atoms with E-state index in [4.69, 9.17) is 4.74 Å². The van der Waals surface area contributed by atoms with Crippen LogP contribution in [0.1, 0.15) is 16.1 Å². The van der Waals surface area contributed by atoms with E-state index in [0.717, 1.165) is 0 Å². The van der Waals surface area contributed by atoms with Gasteiger partial charge in [0.25, 0.3) is 0 Å². The molecular formula is C7H9NO2S. The van der Waals surface area contributed by atoms with Crippen molar-refractivity contribution in [2.24, 2.45) is 0 Å². The molecule has 0 unspecified atom stereocenters. The van der Waals surface area contributed by atoms with Crippen LogP contribution in [0, 0.1) is 0 Å². The van der Waals surface area contributed by atoms with Crippen LogP contribution in [0.5, 0.6) is 0 Å². The van der Waals surface area contributed by atoms with E-state index in [1.807, 2.05) is 0 Å². The molecule has 0 aliphatic rings. The summed E-state index contributed by atoms with van der Waals surface area (Å²) in [6, 6.07) is 1.72. The quantitative estimate of drug-likeness (QED) is 0.642. The van der Waals surface area contributed by atoms with E-state index in [9.17, 15) is 4.79 Å². The van der Waals surface area contributed by atoms with Crippen molar-refractivity contribution in [3.63, 3.8) is 0 Å². The maximum atomic E-state index is 11.2. The monoisotopic (exact) mass is 171 g/mol. The number of ether oxygens (including phenoxy) is 1. The molecule has 0 N–H and O–H groups in total. The fraction of sp³-hybridized carbons (Fsp3) is 0.429. The molecule has 4 heteroatoms. The Hall–Kier alpha value is -0.740. The average molecular weight is 171 g/mol. The number of aromatic nitrogens is 1. The third-order valence-corrected chi connectivity index (χ3v) is 2.03. The van der Waals surface area contributed by atoms with Gasteiger partial charge in [0.2, 0.25) is 0 Å². The number of carbonyl (C=O) groups excluding carboxylic acids is 1. The summed E-state index contributed by atoms with van der Waals surface area (Å²) in [4.78, 5) is 11.9. The maximum absolute atomic E-state index is 11.2. The SMILES string of the molecule is COCCC(=O)c1ccns1. The van der Waals surface area contributed by atoms with Gasteiger partial charge in [-0.3, -0.25) is 4.79 Å². The minimum atomic E-state index is 0.106. The van der Waals surface area contributed by atoms with Gasteiger partial charge in [0.1, 0.15) is 0 Å². The smallest absolute Gasteiger partial charge is 0.176 e. The first-order valence-corrected chi connectivity index (χ1v) is 4.04. The lowest BCUT2D eigenvalue weighted by molar-refractivity contribution is 0.0936. The van der Waals surface area contributed by atoms with E-state index < -0.39 is 0 Å². The molecule has 0 spiro atoms. The predicted octanol–water partition coefficient (Wildman–Crippen LogP) is 1.36. The van der Waals surface area contributed by atoms with Crippen molar-refractivity contribution in [1.29, 1.82) is 0 Å². The van der Waals surface area contributed by atoms with Crippen LogP contribution < -0.4 is 0 Å². The molecule has 1 rings (SSSR count). The summed E-state index contributed by atoms with van der Waals surface area (Å²) >= 11 is 1.23. The standard InChI is InChI=1S/C7H9NO2S/c1-10-5-3-6(9)7-2-4-8-11-7/h2,4H,3,5H2,1H3. The molecule has 0 radical (unpaired) electrons. The topological polar surface area (TPSA) is 39.2 Å². The molecule has 0 bridgehead atoms. The molecule has 1 aromatic heterocycles. The molecule has 11 heavy (non-hydrogen) atoms. The molecule has 60 valence electrons. The fourth-order valence-corrected chi connectivity index (χ4v) is 1.24. The molecule has 0 aromatic carbocycles. The van der Waals surface area contributed by atoms with E-state index in [-0.39, 0.29) is 5.78 Å². The van der Waals surface area contributed by atoms with Crippen LogP contribution in [0.25, 0.3) is 0 Å². The highest BCUT2D eigenvalue weighted by molar-refractivity contribution is 7.08. The fourth-order valence-electron chi connectivity index (χ4n) is 0.678. The Morgan fingerprint density at radius 3 is 3.18 bits per heavy atom. The third kappa shape index (κ3) is 2.40. The Balaban J connectivity index is 2.43. The zero-order valence-corrected chi connectivity index (χ0v) is 7.06. The summed E-state index contributed by atoms with van der Waals surface area (Å²) in [7, 11) is 1.58. The highest BCUT2D eigenvalue weighted by atomic mass is 32.1. The number of hydrogen-bond donors (Lipinski definition) is 0. The van der Waals surface area contributed by atoms with Crippen molar-refractivity contribution in [3.8, 4) is 0 Å². The minimum absolute atomic E-state index is 0.106. The number of nitrogens with zero attached hydrogens (tertiary/aromatic N) is 1. The van der Waals surface area contributed by atoms with Crippen LogP contribution in [0.4, 0.5) is 0 Å². The van der Waals surface area contributed by atoms with Crippen molar-refractivity contribution in [2.45, 2.75) is 6.42 Å². The second-order valence-electron chi connectivity index (χ2n) is 2.04. The Morgan fingerprint density at radius 1 is 1.82 bits per heavy atom. The second-order valence-corrected chi connectivity index (χ2v) is 2.88. The summed E-state index contributed by atoms with van der Waals surface area (Å²) < 4.78 is 8.61. The lowest BCUT2D eigenvalue weighted by atomic mass is 10.2. The maximum Gasteiger partial charge on any atom is 0.176 e. The van der Waals surface area contributed by atoms with Crippen LogP contribution in [-0.4, -0.2) is 23.9 Å². The van der Waals surface area contributed by atoms with E-state index in [0.29, 0.717) is 17.9 Å². The molecule has 0 atom stereocenters. The Kier molecular flexibility index (Phi) is 3.19. The molecular weight excluding hydrogens is 162 g/mol. The Bertz CT molecular complexity index is 220. The molecule has 0 saturated carbocycles. The van der Waals surface area contributed by atoms with Gasteiger partial charge >= 0.3 is 0 Å². The Morgan fingerprint density at radius 2 is 2.64 bits per heavy atom. The third-order valence-electron chi connectivity index (χ3n) is 1.25. The molecule has 0 aliphatic carbocycles. The molecule has 0 saturated heterocycles. The summed E-state index contributed by atoms with van der Waals surface area (Å²) in [5.74, 6) is 0.106. The Labute approximate surface area is 69.2 Å². The number of rotatable bonds is 4. The van der Waals surface area contributed by atoms with Gasteiger partial charge in [-0.2, -0.15) is 0 Å².